The second-order valence-corrected chi connectivity index (χ2v) is 13.0. The predicted octanol–water partition coefficient (Wildman–Crippen LogP) is 6.97. The van der Waals surface area contributed by atoms with Crippen molar-refractivity contribution in [3.8, 4) is 0 Å². The topological polar surface area (TPSA) is 130 Å². The van der Waals surface area contributed by atoms with Gasteiger partial charge in [0.05, 0.1) is 29.9 Å². The van der Waals surface area contributed by atoms with Crippen LogP contribution in [0.25, 0.3) is 0 Å². The standard InChI is InChI=1S/C36H30Cl3NO9/c37-36(38,39)35(40)49-34-30(47-33(43)26-19-11-4-12-20-26)29(46-32(42)25-17-9-3-10-18-25)28(48-34)27(22-44-21-23-13-5-1-6-14-23)45-31(41)24-15-7-2-8-16-24/h1-20,27-30,34,40H,21-22H2/t27-,28+,29+,30-,34+/m1/s1. The Labute approximate surface area is 297 Å². The molecular weight excluding hydrogens is 697 g/mol. The van der Waals surface area contributed by atoms with Gasteiger partial charge in [0.15, 0.2) is 12.2 Å². The molecule has 0 aliphatic carbocycles. The number of carbonyl (C=O) groups is 3. The maximum absolute atomic E-state index is 13.5. The van der Waals surface area contributed by atoms with Crippen molar-refractivity contribution in [3.05, 3.63) is 144 Å². The summed E-state index contributed by atoms with van der Waals surface area (Å²) in [5.74, 6) is -3.24. The fourth-order valence-electron chi connectivity index (χ4n) is 4.86. The number of halogens is 3. The van der Waals surface area contributed by atoms with Crippen LogP contribution in [0.4, 0.5) is 0 Å². The molecule has 4 aromatic carbocycles. The van der Waals surface area contributed by atoms with Gasteiger partial charge in [-0.2, -0.15) is 0 Å². The summed E-state index contributed by atoms with van der Waals surface area (Å²) in [5, 5.41) is 8.23. The minimum absolute atomic E-state index is 0.131. The normalized spacial score (nSPS) is 19.3. The molecule has 0 amide bonds. The van der Waals surface area contributed by atoms with Crippen molar-refractivity contribution in [2.75, 3.05) is 6.61 Å². The number of hydrogen-bond acceptors (Lipinski definition) is 10. The third-order valence-electron chi connectivity index (χ3n) is 7.23. The average Bonchev–Trinajstić information content (AvgIpc) is 3.44. The first-order chi connectivity index (χ1) is 23.6. The molecule has 10 nitrogen and oxygen atoms in total. The highest BCUT2D eigenvalue weighted by atomic mass is 35.6. The van der Waals surface area contributed by atoms with Crippen molar-refractivity contribution < 1.29 is 42.8 Å². The lowest BCUT2D eigenvalue weighted by molar-refractivity contribution is -0.150. The molecule has 1 heterocycles. The number of carbonyl (C=O) groups excluding carboxylic acids is 3. The Hall–Kier alpha value is -4.45. The van der Waals surface area contributed by atoms with Crippen LogP contribution >= 0.6 is 34.8 Å². The maximum atomic E-state index is 13.5. The van der Waals surface area contributed by atoms with Gasteiger partial charge in [-0.15, -0.1) is 0 Å². The summed E-state index contributed by atoms with van der Waals surface area (Å²) >= 11 is 17.8. The minimum Gasteiger partial charge on any atom is -0.453 e. The minimum atomic E-state index is -2.33. The van der Waals surface area contributed by atoms with Gasteiger partial charge in [0.2, 0.25) is 18.3 Å². The third-order valence-corrected chi connectivity index (χ3v) is 7.75. The molecule has 1 aliphatic heterocycles. The molecule has 0 unspecified atom stereocenters. The van der Waals surface area contributed by atoms with Crippen molar-refractivity contribution in [2.24, 2.45) is 0 Å². The molecule has 0 radical (unpaired) electrons. The van der Waals surface area contributed by atoms with E-state index in [1.807, 2.05) is 30.3 Å². The number of esters is 3. The zero-order valence-corrected chi connectivity index (χ0v) is 27.9. The van der Waals surface area contributed by atoms with Gasteiger partial charge in [0.1, 0.15) is 6.10 Å². The van der Waals surface area contributed by atoms with Crippen molar-refractivity contribution in [3.63, 3.8) is 0 Å². The molecule has 0 saturated carbocycles. The summed E-state index contributed by atoms with van der Waals surface area (Å²) in [6, 6.07) is 33.5. The number of rotatable bonds is 12. The number of nitrogens with one attached hydrogen (secondary N) is 1. The smallest absolute Gasteiger partial charge is 0.338 e. The Balaban J connectivity index is 1.52. The Bertz CT molecular complexity index is 1710. The predicted molar refractivity (Wildman–Crippen MR) is 181 cm³/mol. The molecule has 0 spiro atoms. The fourth-order valence-corrected chi connectivity index (χ4v) is 4.99. The second kappa shape index (κ2) is 16.8. The van der Waals surface area contributed by atoms with Crippen LogP contribution in [-0.4, -0.2) is 64.9 Å². The highest BCUT2D eigenvalue weighted by Gasteiger charge is 2.56. The Morgan fingerprint density at radius 1 is 0.653 bits per heavy atom. The number of alkyl halides is 3. The quantitative estimate of drug-likeness (QED) is 0.0541. The first-order valence-corrected chi connectivity index (χ1v) is 16.1. The van der Waals surface area contributed by atoms with Crippen LogP contribution < -0.4 is 0 Å². The molecule has 1 saturated heterocycles. The van der Waals surface area contributed by atoms with Crippen molar-refractivity contribution in [1.82, 2.24) is 0 Å². The fraction of sp³-hybridized carbons (Fsp3) is 0.222. The lowest BCUT2D eigenvalue weighted by Gasteiger charge is -2.28. The molecule has 13 heteroatoms. The van der Waals surface area contributed by atoms with E-state index in [9.17, 15) is 14.4 Å². The van der Waals surface area contributed by atoms with Crippen LogP contribution in [0, 0.1) is 5.41 Å². The zero-order valence-electron chi connectivity index (χ0n) is 25.7. The van der Waals surface area contributed by atoms with E-state index in [0.717, 1.165) is 5.56 Å². The lowest BCUT2D eigenvalue weighted by Crippen LogP contribution is -2.47. The molecule has 49 heavy (non-hydrogen) atoms. The largest absolute Gasteiger partial charge is 0.453 e. The molecule has 0 aromatic heterocycles. The van der Waals surface area contributed by atoms with E-state index in [2.05, 4.69) is 0 Å². The Kier molecular flexibility index (Phi) is 12.3. The summed E-state index contributed by atoms with van der Waals surface area (Å²) in [5.41, 5.74) is 1.39. The summed E-state index contributed by atoms with van der Waals surface area (Å²) in [4.78, 5) is 40.3. The van der Waals surface area contributed by atoms with Gasteiger partial charge in [-0.25, -0.2) is 14.4 Å². The van der Waals surface area contributed by atoms with E-state index >= 15 is 0 Å². The molecule has 4 aromatic rings. The maximum Gasteiger partial charge on any atom is 0.338 e. The van der Waals surface area contributed by atoms with E-state index in [1.54, 1.807) is 66.7 Å². The van der Waals surface area contributed by atoms with Crippen molar-refractivity contribution >= 4 is 58.6 Å². The SMILES string of the molecule is N=C(O[C@@H]1O[C@@H]([C@@H](COCc2ccccc2)OC(=O)c2ccccc2)[C@H](OC(=O)c2ccccc2)[C@H]1OC(=O)c1ccccc1)C(Cl)(Cl)Cl. The monoisotopic (exact) mass is 725 g/mol. The van der Waals surface area contributed by atoms with Crippen LogP contribution in [0.15, 0.2) is 121 Å². The number of ether oxygens (including phenoxy) is 6. The average molecular weight is 727 g/mol. The van der Waals surface area contributed by atoms with Gasteiger partial charge in [-0.05, 0) is 42.0 Å². The lowest BCUT2D eigenvalue weighted by atomic mass is 10.0. The highest BCUT2D eigenvalue weighted by Crippen LogP contribution is 2.36. The van der Waals surface area contributed by atoms with Crippen LogP contribution in [0.3, 0.4) is 0 Å². The van der Waals surface area contributed by atoms with Crippen molar-refractivity contribution in [2.45, 2.75) is 41.1 Å². The summed E-state index contributed by atoms with van der Waals surface area (Å²) in [6.45, 7) is -0.128. The van der Waals surface area contributed by atoms with Gasteiger partial charge in [0.25, 0.3) is 3.79 Å². The first kappa shape index (κ1) is 35.8. The molecule has 5 atom stereocenters. The molecule has 1 aliphatic rings. The first-order valence-electron chi connectivity index (χ1n) is 15.0. The van der Waals surface area contributed by atoms with Gasteiger partial charge >= 0.3 is 17.9 Å². The second-order valence-electron chi connectivity index (χ2n) is 10.7. The van der Waals surface area contributed by atoms with E-state index in [0.29, 0.717) is 0 Å². The summed E-state index contributed by atoms with van der Waals surface area (Å²) in [6.07, 6.45) is -7.36. The van der Waals surface area contributed by atoms with Gasteiger partial charge < -0.3 is 28.4 Å². The van der Waals surface area contributed by atoms with Gasteiger partial charge in [-0.3, -0.25) is 5.41 Å². The molecule has 1 N–H and O–H groups in total. The van der Waals surface area contributed by atoms with Gasteiger partial charge in [0, 0.05) is 0 Å². The highest BCUT2D eigenvalue weighted by molar-refractivity contribution is 6.76. The number of benzene rings is 4. The summed E-state index contributed by atoms with van der Waals surface area (Å²) in [7, 11) is 0. The van der Waals surface area contributed by atoms with Gasteiger partial charge in [-0.1, -0.05) is 120 Å². The molecule has 5 rings (SSSR count). The van der Waals surface area contributed by atoms with E-state index in [-0.39, 0.29) is 29.9 Å². The van der Waals surface area contributed by atoms with Crippen molar-refractivity contribution in [1.29, 1.82) is 5.41 Å². The molecule has 254 valence electrons. The Morgan fingerprint density at radius 2 is 1.10 bits per heavy atom. The molecule has 1 fully saturated rings. The van der Waals surface area contributed by atoms with Crippen LogP contribution in [-0.2, 0) is 35.0 Å². The van der Waals surface area contributed by atoms with E-state index in [4.69, 9.17) is 68.6 Å². The van der Waals surface area contributed by atoms with E-state index in [1.165, 1.54) is 24.3 Å². The summed E-state index contributed by atoms with van der Waals surface area (Å²) < 4.78 is 33.1. The molecular formula is C36H30Cl3NO9. The third kappa shape index (κ3) is 9.81. The van der Waals surface area contributed by atoms with Crippen LogP contribution in [0.2, 0.25) is 0 Å². The Morgan fingerprint density at radius 3 is 1.59 bits per heavy atom. The van der Waals surface area contributed by atoms with Crippen LogP contribution in [0.5, 0.6) is 0 Å². The molecule has 0 bridgehead atoms. The van der Waals surface area contributed by atoms with Crippen LogP contribution in [0.1, 0.15) is 36.6 Å². The van der Waals surface area contributed by atoms with E-state index < -0.39 is 58.3 Å². The number of hydrogen-bond donors (Lipinski definition) is 1. The zero-order chi connectivity index (χ0) is 34.8.